The second-order valence-corrected chi connectivity index (χ2v) is 12.8. The van der Waals surface area contributed by atoms with Crippen LogP contribution in [0.25, 0.3) is 33.6 Å². The standard InChI is InChI=1S/C15H11N3O2.C15H13N3.C9H8O2.C6H7N3O2.C2H6O/c19-18(20)15-9-5-4-8-14(15)17-11-13(10-16-17)12-6-2-1-3-7-12;16-14-8-4-5-9-15(14)18-11-13(10-17-18)12-6-2-1-3-7-12;10-6-9(7-11)8-4-2-1-3-5-8;7-8-5-3-1-2-4-6(5)9(10)11;1-2-3/h1-11H;1-11H,16H2;1-7,9H;1-4,8H,7H2;3H,2H2,1H3. The van der Waals surface area contributed by atoms with Crippen LogP contribution in [0.4, 0.5) is 22.7 Å². The normalized spacial score (nSPS) is 9.84. The number of nitro groups is 2. The van der Waals surface area contributed by atoms with Crippen LogP contribution in [-0.2, 0) is 9.59 Å². The molecule has 0 saturated carbocycles. The molecule has 0 spiro atoms. The molecule has 63 heavy (non-hydrogen) atoms. The van der Waals surface area contributed by atoms with Gasteiger partial charge in [-0.15, -0.1) is 0 Å². The van der Waals surface area contributed by atoms with Crippen LogP contribution in [0.1, 0.15) is 18.4 Å². The molecule has 0 saturated heterocycles. The Balaban J connectivity index is 0.000000186. The lowest BCUT2D eigenvalue weighted by molar-refractivity contribution is -0.384. The first kappa shape index (κ1) is 47.1. The summed E-state index contributed by atoms with van der Waals surface area (Å²) in [4.78, 5) is 41.0. The Labute approximate surface area is 363 Å². The number of aliphatic hydroxyl groups is 1. The van der Waals surface area contributed by atoms with Crippen LogP contribution in [0.3, 0.4) is 0 Å². The lowest BCUT2D eigenvalue weighted by Crippen LogP contribution is -2.08. The number of para-hydroxylation sites is 6. The molecule has 320 valence electrons. The van der Waals surface area contributed by atoms with E-state index in [9.17, 15) is 29.8 Å². The van der Waals surface area contributed by atoms with Gasteiger partial charge in [-0.3, -0.25) is 26.1 Å². The average Bonchev–Trinajstić information content (AvgIpc) is 4.03. The molecule has 0 unspecified atom stereocenters. The Hall–Kier alpha value is -8.60. The van der Waals surface area contributed by atoms with E-state index in [1.807, 2.05) is 91.3 Å². The first-order valence-electron chi connectivity index (χ1n) is 19.2. The molecule has 0 amide bonds. The van der Waals surface area contributed by atoms with Gasteiger partial charge in [0.2, 0.25) is 0 Å². The van der Waals surface area contributed by atoms with E-state index in [0.717, 1.165) is 39.2 Å². The number of nitrogen functional groups attached to an aromatic ring is 2. The van der Waals surface area contributed by atoms with Crippen molar-refractivity contribution in [2.45, 2.75) is 12.8 Å². The third-order valence-corrected chi connectivity index (χ3v) is 8.62. The number of nitro benzene ring substituents is 2. The number of nitrogens with one attached hydrogen (secondary N) is 1. The van der Waals surface area contributed by atoms with Crippen molar-refractivity contribution in [2.75, 3.05) is 17.8 Å². The Kier molecular flexibility index (Phi) is 18.8. The van der Waals surface area contributed by atoms with Crippen LogP contribution < -0.4 is 17.0 Å². The van der Waals surface area contributed by atoms with Crippen molar-refractivity contribution >= 4 is 35.3 Å². The third kappa shape index (κ3) is 14.0. The van der Waals surface area contributed by atoms with Crippen molar-refractivity contribution in [3.05, 3.63) is 214 Å². The van der Waals surface area contributed by atoms with Gasteiger partial charge >= 0.3 is 0 Å². The van der Waals surface area contributed by atoms with Gasteiger partial charge in [-0.25, -0.2) is 9.36 Å². The van der Waals surface area contributed by atoms with Crippen LogP contribution in [-0.4, -0.2) is 53.7 Å². The number of hydrazine groups is 1. The molecule has 0 aliphatic carbocycles. The predicted molar refractivity (Wildman–Crippen MR) is 244 cm³/mol. The van der Waals surface area contributed by atoms with E-state index in [2.05, 4.69) is 27.8 Å². The molecule has 16 heteroatoms. The largest absolute Gasteiger partial charge is 0.397 e. The van der Waals surface area contributed by atoms with Crippen molar-refractivity contribution in [2.24, 2.45) is 5.84 Å². The highest BCUT2D eigenvalue weighted by atomic mass is 16.6. The highest BCUT2D eigenvalue weighted by molar-refractivity contribution is 5.84. The molecule has 2 aromatic heterocycles. The quantitative estimate of drug-likeness (QED) is 0.0253. The van der Waals surface area contributed by atoms with Gasteiger partial charge in [-0.05, 0) is 47.9 Å². The molecule has 8 aromatic rings. The maximum absolute atomic E-state index is 11.0. The minimum absolute atomic E-state index is 0.0185. The summed E-state index contributed by atoms with van der Waals surface area (Å²) in [6.45, 7) is 1.93. The molecule has 2 heterocycles. The zero-order valence-electron chi connectivity index (χ0n) is 34.1. The molecule has 0 fully saturated rings. The number of aromatic nitrogens is 4. The molecular weight excluding hydrogens is 803 g/mol. The first-order valence-corrected chi connectivity index (χ1v) is 19.2. The maximum atomic E-state index is 11.0. The van der Waals surface area contributed by atoms with E-state index in [-0.39, 0.29) is 18.0 Å². The molecule has 0 aliphatic heterocycles. The van der Waals surface area contributed by atoms with Crippen molar-refractivity contribution in [1.29, 1.82) is 0 Å². The molecule has 6 aromatic carbocycles. The van der Waals surface area contributed by atoms with Gasteiger partial charge < -0.3 is 25.9 Å². The Morgan fingerprint density at radius 1 is 0.603 bits per heavy atom. The number of nitrogens with zero attached hydrogens (tertiary/aromatic N) is 6. The summed E-state index contributed by atoms with van der Waals surface area (Å²) in [5.41, 5.74) is 15.5. The van der Waals surface area contributed by atoms with Crippen molar-refractivity contribution in [1.82, 2.24) is 19.6 Å². The molecular formula is C47H45N9O7. The zero-order valence-corrected chi connectivity index (χ0v) is 34.1. The second kappa shape index (κ2) is 25.1. The smallest absolute Gasteiger partial charge is 0.294 e. The monoisotopic (exact) mass is 847 g/mol. The number of carbonyl (C=O) groups excluding carboxylic acids is 2. The van der Waals surface area contributed by atoms with E-state index in [4.69, 9.17) is 16.7 Å². The molecule has 0 atom stereocenters. The van der Waals surface area contributed by atoms with Gasteiger partial charge in [-0.1, -0.05) is 127 Å². The van der Waals surface area contributed by atoms with Gasteiger partial charge in [-0.2, -0.15) is 10.2 Å². The van der Waals surface area contributed by atoms with Crippen molar-refractivity contribution < 1.29 is 24.5 Å². The van der Waals surface area contributed by atoms with Crippen molar-refractivity contribution in [3.8, 4) is 33.6 Å². The number of hydrogen-bond acceptors (Lipinski definition) is 12. The minimum Gasteiger partial charge on any atom is -0.397 e. The highest BCUT2D eigenvalue weighted by Crippen LogP contribution is 2.26. The van der Waals surface area contributed by atoms with E-state index in [1.54, 1.807) is 78.6 Å². The molecule has 0 radical (unpaired) electrons. The predicted octanol–water partition coefficient (Wildman–Crippen LogP) is 8.62. The fraction of sp³-hybridized carbons (Fsp3) is 0.0638. The maximum Gasteiger partial charge on any atom is 0.294 e. The summed E-state index contributed by atoms with van der Waals surface area (Å²) in [5, 5.41) is 37.5. The number of nitrogens with two attached hydrogens (primary N) is 2. The highest BCUT2D eigenvalue weighted by Gasteiger charge is 2.15. The number of benzene rings is 6. The van der Waals surface area contributed by atoms with Gasteiger partial charge in [0.05, 0.1) is 39.5 Å². The summed E-state index contributed by atoms with van der Waals surface area (Å²) < 4.78 is 3.33. The van der Waals surface area contributed by atoms with E-state index < -0.39 is 15.8 Å². The Morgan fingerprint density at radius 2 is 1.00 bits per heavy atom. The fourth-order valence-electron chi connectivity index (χ4n) is 5.60. The fourth-order valence-corrected chi connectivity index (χ4v) is 5.60. The first-order chi connectivity index (χ1) is 30.6. The third-order valence-electron chi connectivity index (χ3n) is 8.62. The summed E-state index contributed by atoms with van der Waals surface area (Å²) >= 11 is 0. The van der Waals surface area contributed by atoms with Gasteiger partial charge in [0.25, 0.3) is 11.4 Å². The van der Waals surface area contributed by atoms with Crippen LogP contribution in [0.15, 0.2) is 189 Å². The van der Waals surface area contributed by atoms with Crippen LogP contribution in [0.2, 0.25) is 0 Å². The lowest BCUT2D eigenvalue weighted by Gasteiger charge is -2.04. The number of aldehydes is 2. The van der Waals surface area contributed by atoms with Gasteiger partial charge in [0.1, 0.15) is 23.9 Å². The Morgan fingerprint density at radius 3 is 1.44 bits per heavy atom. The lowest BCUT2D eigenvalue weighted by atomic mass is 10.0. The zero-order chi connectivity index (χ0) is 45.4. The summed E-state index contributed by atoms with van der Waals surface area (Å²) in [5.74, 6) is 4.43. The van der Waals surface area contributed by atoms with Gasteiger partial charge in [0, 0.05) is 42.3 Å². The molecule has 0 aliphatic rings. The number of carbonyl (C=O) groups is 2. The number of anilines is 2. The van der Waals surface area contributed by atoms with Crippen LogP contribution in [0.5, 0.6) is 0 Å². The topological polar surface area (TPSA) is 240 Å². The summed E-state index contributed by atoms with van der Waals surface area (Å²) in [7, 11) is 0. The summed E-state index contributed by atoms with van der Waals surface area (Å²) in [6.07, 6.45) is 8.61. The van der Waals surface area contributed by atoms with E-state index in [1.165, 1.54) is 22.9 Å². The number of rotatable bonds is 10. The van der Waals surface area contributed by atoms with Crippen LogP contribution in [0, 0.1) is 20.2 Å². The van der Waals surface area contributed by atoms with Crippen LogP contribution >= 0.6 is 0 Å². The average molecular weight is 848 g/mol. The molecule has 16 nitrogen and oxygen atoms in total. The molecule has 6 N–H and O–H groups in total. The number of hydrogen-bond donors (Lipinski definition) is 4. The summed E-state index contributed by atoms with van der Waals surface area (Å²) in [6, 6.07) is 49.3. The van der Waals surface area contributed by atoms with Crippen molar-refractivity contribution in [3.63, 3.8) is 0 Å². The van der Waals surface area contributed by atoms with Gasteiger partial charge in [0.15, 0.2) is 0 Å². The molecule has 8 rings (SSSR count). The molecule has 0 bridgehead atoms. The second-order valence-electron chi connectivity index (χ2n) is 12.8. The van der Waals surface area contributed by atoms with E-state index in [0.29, 0.717) is 23.9 Å². The minimum atomic E-state index is -0.601. The van der Waals surface area contributed by atoms with E-state index >= 15 is 0 Å². The number of aliphatic hydroxyl groups excluding tert-OH is 1. The Bertz CT molecular complexity index is 2630. The SMILES string of the molecule is CCO.NNc1ccccc1[N+](=O)[O-].Nc1ccccc1-n1cc(-c2ccccc2)cn1.O=CC(C=O)c1ccccc1.O=[N+]([O-])c1ccccc1-n1cc(-c2ccccc2)cn1.